The predicted molar refractivity (Wildman–Crippen MR) is 90.3 cm³/mol. The van der Waals surface area contributed by atoms with Crippen molar-refractivity contribution in [3.8, 4) is 5.75 Å². The van der Waals surface area contributed by atoms with Crippen LogP contribution in [0.3, 0.4) is 0 Å². The molecule has 4 rings (SSSR count). The summed E-state index contributed by atoms with van der Waals surface area (Å²) in [6.07, 6.45) is 1.92. The Morgan fingerprint density at radius 1 is 1.12 bits per heavy atom. The van der Waals surface area contributed by atoms with Gasteiger partial charge in [0.05, 0.1) is 17.6 Å². The quantitative estimate of drug-likeness (QED) is 0.690. The van der Waals surface area contributed by atoms with Crippen molar-refractivity contribution in [1.82, 2.24) is 15.3 Å². The molecule has 0 radical (unpaired) electrons. The Morgan fingerprint density at radius 2 is 2.00 bits per heavy atom. The molecule has 1 amide bonds. The van der Waals surface area contributed by atoms with Gasteiger partial charge in [-0.3, -0.25) is 4.79 Å². The molecule has 2 aromatic carbocycles. The number of hydrogen-bond acceptors (Lipinski definition) is 3. The van der Waals surface area contributed by atoms with Crippen molar-refractivity contribution < 1.29 is 9.53 Å². The monoisotopic (exact) mass is 323 g/mol. The summed E-state index contributed by atoms with van der Waals surface area (Å²) < 4.78 is 5.57. The number of fused-ring (bicyclic) bond motifs is 2. The summed E-state index contributed by atoms with van der Waals surface area (Å²) in [5.74, 6) is 0.755. The van der Waals surface area contributed by atoms with Crippen LogP contribution < -0.4 is 15.7 Å². The summed E-state index contributed by atoms with van der Waals surface area (Å²) in [7, 11) is 0. The Balaban J connectivity index is 1.48. The van der Waals surface area contributed by atoms with Crippen LogP contribution in [0.4, 0.5) is 0 Å². The molecule has 3 aromatic rings. The topological polar surface area (TPSA) is 87.0 Å². The molecule has 122 valence electrons. The third kappa shape index (κ3) is 2.78. The van der Waals surface area contributed by atoms with Gasteiger partial charge in [0.25, 0.3) is 5.91 Å². The first-order valence-electron chi connectivity index (χ1n) is 7.94. The molecule has 3 N–H and O–H groups in total. The molecule has 24 heavy (non-hydrogen) atoms. The van der Waals surface area contributed by atoms with Crippen molar-refractivity contribution in [2.45, 2.75) is 19.4 Å². The lowest BCUT2D eigenvalue weighted by Crippen LogP contribution is -2.23. The summed E-state index contributed by atoms with van der Waals surface area (Å²) >= 11 is 0. The van der Waals surface area contributed by atoms with Crippen LogP contribution in [0, 0.1) is 0 Å². The third-order valence-electron chi connectivity index (χ3n) is 4.20. The van der Waals surface area contributed by atoms with E-state index in [0.29, 0.717) is 12.1 Å². The van der Waals surface area contributed by atoms with E-state index in [-0.39, 0.29) is 11.6 Å². The molecule has 1 aromatic heterocycles. The lowest BCUT2D eigenvalue weighted by atomic mass is 10.0. The van der Waals surface area contributed by atoms with Gasteiger partial charge in [-0.15, -0.1) is 0 Å². The van der Waals surface area contributed by atoms with Crippen molar-refractivity contribution in [2.75, 3.05) is 6.61 Å². The van der Waals surface area contributed by atoms with E-state index in [0.717, 1.165) is 47.4 Å². The largest absolute Gasteiger partial charge is 0.493 e. The normalized spacial score (nSPS) is 13.3. The van der Waals surface area contributed by atoms with E-state index in [2.05, 4.69) is 15.3 Å². The van der Waals surface area contributed by atoms with Gasteiger partial charge in [0.2, 0.25) is 0 Å². The van der Waals surface area contributed by atoms with Crippen LogP contribution in [-0.2, 0) is 13.0 Å². The molecule has 0 spiro atoms. The molecule has 0 bridgehead atoms. The number of rotatable bonds is 3. The van der Waals surface area contributed by atoms with Crippen LogP contribution in [0.15, 0.2) is 41.2 Å². The first kappa shape index (κ1) is 14.6. The fraction of sp³-hybridized carbons (Fsp3) is 0.222. The Labute approximate surface area is 137 Å². The minimum atomic E-state index is -0.234. The van der Waals surface area contributed by atoms with Crippen molar-refractivity contribution >= 4 is 16.9 Å². The maximum absolute atomic E-state index is 12.4. The smallest absolute Gasteiger partial charge is 0.323 e. The first-order chi connectivity index (χ1) is 11.7. The molecule has 0 saturated carbocycles. The summed E-state index contributed by atoms with van der Waals surface area (Å²) in [6, 6.07) is 11.1. The second kappa shape index (κ2) is 5.88. The number of nitrogens with one attached hydrogen (secondary N) is 3. The zero-order chi connectivity index (χ0) is 16.5. The number of aromatic amines is 2. The number of aryl methyl sites for hydroxylation is 1. The van der Waals surface area contributed by atoms with E-state index in [4.69, 9.17) is 4.74 Å². The van der Waals surface area contributed by atoms with Gasteiger partial charge in [0.15, 0.2) is 0 Å². The lowest BCUT2D eigenvalue weighted by molar-refractivity contribution is 0.0950. The number of aromatic nitrogens is 2. The zero-order valence-electron chi connectivity index (χ0n) is 13.0. The molecule has 6 nitrogen and oxygen atoms in total. The Morgan fingerprint density at radius 3 is 2.92 bits per heavy atom. The molecule has 0 saturated heterocycles. The van der Waals surface area contributed by atoms with E-state index >= 15 is 0 Å². The summed E-state index contributed by atoms with van der Waals surface area (Å²) in [4.78, 5) is 29.0. The van der Waals surface area contributed by atoms with Crippen LogP contribution >= 0.6 is 0 Å². The number of benzene rings is 2. The van der Waals surface area contributed by atoms with Gasteiger partial charge in [-0.05, 0) is 54.3 Å². The molecule has 1 aliphatic heterocycles. The van der Waals surface area contributed by atoms with Crippen LogP contribution in [0.5, 0.6) is 5.75 Å². The number of imidazole rings is 1. The number of hydrogen-bond donors (Lipinski definition) is 3. The van der Waals surface area contributed by atoms with Crippen molar-refractivity contribution in [3.63, 3.8) is 0 Å². The van der Waals surface area contributed by atoms with Crippen LogP contribution in [0.25, 0.3) is 11.0 Å². The highest BCUT2D eigenvalue weighted by molar-refractivity contribution is 5.94. The summed E-state index contributed by atoms with van der Waals surface area (Å²) in [6.45, 7) is 1.14. The van der Waals surface area contributed by atoms with Crippen LogP contribution in [0.1, 0.15) is 27.9 Å². The van der Waals surface area contributed by atoms with Gasteiger partial charge in [-0.2, -0.15) is 0 Å². The number of carbonyl (C=O) groups excluding carboxylic acids is 1. The van der Waals surface area contributed by atoms with Gasteiger partial charge in [-0.1, -0.05) is 6.07 Å². The van der Waals surface area contributed by atoms with Crippen molar-refractivity contribution in [2.24, 2.45) is 0 Å². The van der Waals surface area contributed by atoms with Gasteiger partial charge >= 0.3 is 5.69 Å². The third-order valence-corrected chi connectivity index (χ3v) is 4.20. The molecular weight excluding hydrogens is 306 g/mol. The fourth-order valence-electron chi connectivity index (χ4n) is 2.98. The number of ether oxygens (including phenoxy) is 1. The van der Waals surface area contributed by atoms with E-state index in [1.54, 1.807) is 6.07 Å². The molecule has 0 aliphatic carbocycles. The summed E-state index contributed by atoms with van der Waals surface area (Å²) in [5, 5.41) is 2.91. The molecule has 2 heterocycles. The average molecular weight is 323 g/mol. The average Bonchev–Trinajstić information content (AvgIpc) is 2.98. The second-order valence-corrected chi connectivity index (χ2v) is 5.92. The van der Waals surface area contributed by atoms with E-state index < -0.39 is 0 Å². The first-order valence-corrected chi connectivity index (χ1v) is 7.94. The zero-order valence-corrected chi connectivity index (χ0v) is 13.0. The number of H-pyrrole nitrogens is 2. The standard InChI is InChI=1S/C18H17N3O3/c22-17(13-4-6-16-12(9-13)2-1-7-24-16)19-10-11-3-5-14-15(8-11)21-18(23)20-14/h3-6,8-9H,1-2,7,10H2,(H,19,22)(H2,20,21,23). The molecule has 1 aliphatic rings. The highest BCUT2D eigenvalue weighted by atomic mass is 16.5. The maximum Gasteiger partial charge on any atom is 0.323 e. The van der Waals surface area contributed by atoms with Gasteiger partial charge in [0, 0.05) is 12.1 Å². The minimum Gasteiger partial charge on any atom is -0.493 e. The number of amides is 1. The van der Waals surface area contributed by atoms with Crippen LogP contribution in [0.2, 0.25) is 0 Å². The minimum absolute atomic E-state index is 0.119. The van der Waals surface area contributed by atoms with Crippen molar-refractivity contribution in [3.05, 3.63) is 63.6 Å². The number of carbonyl (C=O) groups is 1. The highest BCUT2D eigenvalue weighted by Crippen LogP contribution is 2.25. The van der Waals surface area contributed by atoms with Gasteiger partial charge in [0.1, 0.15) is 5.75 Å². The maximum atomic E-state index is 12.4. The van der Waals surface area contributed by atoms with E-state index in [9.17, 15) is 9.59 Å². The Hall–Kier alpha value is -3.02. The van der Waals surface area contributed by atoms with E-state index in [1.807, 2.05) is 30.3 Å². The molecule has 0 atom stereocenters. The fourth-order valence-corrected chi connectivity index (χ4v) is 2.98. The van der Waals surface area contributed by atoms with Crippen molar-refractivity contribution in [1.29, 1.82) is 0 Å². The summed E-state index contributed by atoms with van der Waals surface area (Å²) in [5.41, 5.74) is 3.90. The predicted octanol–water partition coefficient (Wildman–Crippen LogP) is 2.11. The Kier molecular flexibility index (Phi) is 3.57. The second-order valence-electron chi connectivity index (χ2n) is 5.92. The lowest BCUT2D eigenvalue weighted by Gasteiger charge is -2.17. The molecule has 0 fully saturated rings. The van der Waals surface area contributed by atoms with Crippen LogP contribution in [-0.4, -0.2) is 22.5 Å². The molecular formula is C18H17N3O3. The van der Waals surface area contributed by atoms with Gasteiger partial charge in [-0.25, -0.2) is 4.79 Å². The molecule has 6 heteroatoms. The highest BCUT2D eigenvalue weighted by Gasteiger charge is 2.13. The SMILES string of the molecule is O=C(NCc1ccc2[nH]c(=O)[nH]c2c1)c1ccc2c(c1)CCCO2. The Bertz CT molecular complexity index is 971. The molecule has 0 unspecified atom stereocenters. The van der Waals surface area contributed by atoms with E-state index in [1.165, 1.54) is 0 Å². The van der Waals surface area contributed by atoms with Gasteiger partial charge < -0.3 is 20.0 Å².